The van der Waals surface area contributed by atoms with Crippen molar-refractivity contribution < 1.29 is 14.3 Å². The number of aromatic nitrogens is 3. The number of aryl methyl sites for hydroxylation is 1. The van der Waals surface area contributed by atoms with Crippen molar-refractivity contribution in [3.05, 3.63) is 81.7 Å². The van der Waals surface area contributed by atoms with E-state index in [1.54, 1.807) is 36.4 Å². The van der Waals surface area contributed by atoms with Crippen molar-refractivity contribution in [2.75, 3.05) is 11.9 Å². The summed E-state index contributed by atoms with van der Waals surface area (Å²) in [5.74, 6) is 0.975. The molecule has 9 heteroatoms. The largest absolute Gasteiger partial charge is 0.487 e. The molecule has 4 aromatic rings. The number of rotatable bonds is 8. The van der Waals surface area contributed by atoms with Gasteiger partial charge in [-0.2, -0.15) is 9.61 Å². The molecule has 0 fully saturated rings. The molecule has 1 amide bonds. The molecular formula is C22H20N4O4S. The van der Waals surface area contributed by atoms with Crippen LogP contribution in [0.4, 0.5) is 5.69 Å². The van der Waals surface area contributed by atoms with E-state index in [-0.39, 0.29) is 24.7 Å². The summed E-state index contributed by atoms with van der Waals surface area (Å²) in [6.07, 6.45) is 0.751. The Morgan fingerprint density at radius 3 is 2.55 bits per heavy atom. The highest BCUT2D eigenvalue weighted by molar-refractivity contribution is 7.16. The average molecular weight is 436 g/mol. The Labute approximate surface area is 182 Å². The third kappa shape index (κ3) is 5.26. The summed E-state index contributed by atoms with van der Waals surface area (Å²) >= 11 is 1.39. The van der Waals surface area contributed by atoms with E-state index >= 15 is 0 Å². The van der Waals surface area contributed by atoms with Crippen LogP contribution in [0.25, 0.3) is 4.96 Å². The number of nitrogens with one attached hydrogen (secondary N) is 1. The van der Waals surface area contributed by atoms with Gasteiger partial charge in [0.05, 0.1) is 5.69 Å². The summed E-state index contributed by atoms with van der Waals surface area (Å²) < 4.78 is 12.5. The number of nitrogens with zero attached hydrogens (tertiary/aromatic N) is 3. The standard InChI is InChI=1S/C22H20N4O4S/c1-2-20-25-26-21(28)12-16(24-22(26)31-20)13-29-18-10-8-15(9-11-18)23-19(27)14-30-17-6-4-3-5-7-17/h3-12H,2,13-14H2,1H3,(H,23,27). The van der Waals surface area contributed by atoms with E-state index in [1.807, 2.05) is 25.1 Å². The van der Waals surface area contributed by atoms with E-state index in [1.165, 1.54) is 21.9 Å². The second-order valence-electron chi connectivity index (χ2n) is 6.59. The number of benzene rings is 2. The number of carbonyl (C=O) groups excluding carboxylic acids is 1. The number of hydrogen-bond donors (Lipinski definition) is 1. The first-order valence-electron chi connectivity index (χ1n) is 9.70. The molecule has 158 valence electrons. The second kappa shape index (κ2) is 9.40. The molecule has 0 aliphatic carbocycles. The SMILES string of the molecule is CCc1nn2c(=O)cc(COc3ccc(NC(=O)COc4ccccc4)cc3)nc2s1. The maximum absolute atomic E-state index is 12.2. The molecule has 2 aromatic heterocycles. The lowest BCUT2D eigenvalue weighted by molar-refractivity contribution is -0.118. The fourth-order valence-electron chi connectivity index (χ4n) is 2.77. The van der Waals surface area contributed by atoms with Gasteiger partial charge >= 0.3 is 0 Å². The van der Waals surface area contributed by atoms with Crippen LogP contribution in [0.1, 0.15) is 17.6 Å². The smallest absolute Gasteiger partial charge is 0.275 e. The van der Waals surface area contributed by atoms with Gasteiger partial charge in [-0.3, -0.25) is 9.59 Å². The fraction of sp³-hybridized carbons (Fsp3) is 0.182. The molecule has 2 heterocycles. The van der Waals surface area contributed by atoms with E-state index in [0.717, 1.165) is 11.4 Å². The van der Waals surface area contributed by atoms with Crippen molar-refractivity contribution in [1.82, 2.24) is 14.6 Å². The van der Waals surface area contributed by atoms with Crippen molar-refractivity contribution in [1.29, 1.82) is 0 Å². The molecule has 0 spiro atoms. The zero-order valence-corrected chi connectivity index (χ0v) is 17.6. The lowest BCUT2D eigenvalue weighted by atomic mass is 10.3. The predicted molar refractivity (Wildman–Crippen MR) is 118 cm³/mol. The maximum atomic E-state index is 12.2. The summed E-state index contributed by atoms with van der Waals surface area (Å²) in [7, 11) is 0. The number of hydrogen-bond acceptors (Lipinski definition) is 7. The number of para-hydroxylation sites is 1. The van der Waals surface area contributed by atoms with E-state index in [4.69, 9.17) is 9.47 Å². The Morgan fingerprint density at radius 2 is 1.81 bits per heavy atom. The quantitative estimate of drug-likeness (QED) is 0.455. The van der Waals surface area contributed by atoms with Gasteiger partial charge in [-0.05, 0) is 42.8 Å². The van der Waals surface area contributed by atoms with Gasteiger partial charge in [0, 0.05) is 11.8 Å². The van der Waals surface area contributed by atoms with Crippen molar-refractivity contribution in [2.24, 2.45) is 0 Å². The Bertz CT molecular complexity index is 1240. The van der Waals surface area contributed by atoms with Crippen LogP contribution in [0.2, 0.25) is 0 Å². The molecule has 1 N–H and O–H groups in total. The van der Waals surface area contributed by atoms with Crippen LogP contribution >= 0.6 is 11.3 Å². The van der Waals surface area contributed by atoms with E-state index in [0.29, 0.717) is 27.8 Å². The Morgan fingerprint density at radius 1 is 1.06 bits per heavy atom. The van der Waals surface area contributed by atoms with Gasteiger partial charge in [0.1, 0.15) is 23.1 Å². The van der Waals surface area contributed by atoms with Crippen LogP contribution in [0.3, 0.4) is 0 Å². The number of anilines is 1. The van der Waals surface area contributed by atoms with Crippen LogP contribution < -0.4 is 20.3 Å². The molecule has 0 atom stereocenters. The van der Waals surface area contributed by atoms with Crippen LogP contribution in [0.5, 0.6) is 11.5 Å². The van der Waals surface area contributed by atoms with Crippen LogP contribution in [-0.2, 0) is 17.8 Å². The average Bonchev–Trinajstić information content (AvgIpc) is 3.22. The summed E-state index contributed by atoms with van der Waals surface area (Å²) in [5.41, 5.74) is 0.936. The van der Waals surface area contributed by atoms with Crippen LogP contribution in [0, 0.1) is 0 Å². The highest BCUT2D eigenvalue weighted by atomic mass is 32.1. The number of ether oxygens (including phenoxy) is 2. The molecule has 0 unspecified atom stereocenters. The van der Waals surface area contributed by atoms with Gasteiger partial charge < -0.3 is 14.8 Å². The van der Waals surface area contributed by atoms with Crippen molar-refractivity contribution in [3.63, 3.8) is 0 Å². The normalized spacial score (nSPS) is 10.7. The Kier molecular flexibility index (Phi) is 6.23. The van der Waals surface area contributed by atoms with E-state index < -0.39 is 0 Å². The minimum absolute atomic E-state index is 0.0801. The lowest BCUT2D eigenvalue weighted by Crippen LogP contribution is -2.20. The van der Waals surface area contributed by atoms with E-state index in [2.05, 4.69) is 15.4 Å². The third-order valence-electron chi connectivity index (χ3n) is 4.28. The van der Waals surface area contributed by atoms with Crippen LogP contribution in [0.15, 0.2) is 65.5 Å². The van der Waals surface area contributed by atoms with Gasteiger partial charge in [-0.25, -0.2) is 4.98 Å². The first-order chi connectivity index (χ1) is 15.1. The summed E-state index contributed by atoms with van der Waals surface area (Å²) in [5, 5.41) is 7.85. The van der Waals surface area contributed by atoms with Gasteiger partial charge in [0.25, 0.3) is 11.5 Å². The molecule has 0 bridgehead atoms. The number of fused-ring (bicyclic) bond motifs is 1. The zero-order valence-electron chi connectivity index (χ0n) is 16.8. The summed E-state index contributed by atoms with van der Waals surface area (Å²) in [4.78, 5) is 29.2. The van der Waals surface area contributed by atoms with Crippen LogP contribution in [-0.4, -0.2) is 27.1 Å². The molecule has 0 aliphatic rings. The van der Waals surface area contributed by atoms with Gasteiger partial charge in [-0.1, -0.05) is 36.5 Å². The van der Waals surface area contributed by atoms with Gasteiger partial charge in [0.15, 0.2) is 6.61 Å². The molecule has 2 aromatic carbocycles. The number of carbonyl (C=O) groups is 1. The molecular weight excluding hydrogens is 416 g/mol. The monoisotopic (exact) mass is 436 g/mol. The zero-order chi connectivity index (χ0) is 21.6. The Balaban J connectivity index is 1.32. The molecule has 8 nitrogen and oxygen atoms in total. The molecule has 0 radical (unpaired) electrons. The first kappa shape index (κ1) is 20.5. The molecule has 0 aliphatic heterocycles. The van der Waals surface area contributed by atoms with Gasteiger partial charge in [-0.15, -0.1) is 0 Å². The molecule has 31 heavy (non-hydrogen) atoms. The topological polar surface area (TPSA) is 94.8 Å². The first-order valence-corrected chi connectivity index (χ1v) is 10.5. The predicted octanol–water partition coefficient (Wildman–Crippen LogP) is 3.31. The Hall–Kier alpha value is -3.72. The molecule has 0 saturated heterocycles. The van der Waals surface area contributed by atoms with Crippen molar-refractivity contribution in [2.45, 2.75) is 20.0 Å². The van der Waals surface area contributed by atoms with Crippen molar-refractivity contribution >= 4 is 27.9 Å². The minimum atomic E-state index is -0.258. The lowest BCUT2D eigenvalue weighted by Gasteiger charge is -2.09. The van der Waals surface area contributed by atoms with Gasteiger partial charge in [0.2, 0.25) is 4.96 Å². The number of amides is 1. The molecule has 4 rings (SSSR count). The molecule has 0 saturated carbocycles. The summed E-state index contributed by atoms with van der Waals surface area (Å²) in [6.45, 7) is 2.06. The minimum Gasteiger partial charge on any atom is -0.487 e. The van der Waals surface area contributed by atoms with E-state index in [9.17, 15) is 9.59 Å². The maximum Gasteiger partial charge on any atom is 0.275 e. The second-order valence-corrected chi connectivity index (χ2v) is 7.63. The summed E-state index contributed by atoms with van der Waals surface area (Å²) in [6, 6.07) is 17.5. The highest BCUT2D eigenvalue weighted by Crippen LogP contribution is 2.18. The highest BCUT2D eigenvalue weighted by Gasteiger charge is 2.09. The fourth-order valence-corrected chi connectivity index (χ4v) is 3.62. The third-order valence-corrected chi connectivity index (χ3v) is 5.33. The van der Waals surface area contributed by atoms with Crippen molar-refractivity contribution in [3.8, 4) is 11.5 Å².